The van der Waals surface area contributed by atoms with E-state index in [1.807, 2.05) is 13.8 Å². The molecule has 4 N–H and O–H groups in total. The summed E-state index contributed by atoms with van der Waals surface area (Å²) in [6, 6.07) is 77.9. The van der Waals surface area contributed by atoms with E-state index in [9.17, 15) is 16.8 Å². The van der Waals surface area contributed by atoms with Crippen molar-refractivity contribution in [3.63, 3.8) is 0 Å². The van der Waals surface area contributed by atoms with Crippen molar-refractivity contribution in [1.82, 2.24) is 0 Å². The van der Waals surface area contributed by atoms with E-state index >= 15 is 0 Å². The second-order valence-corrected chi connectivity index (χ2v) is 33.4. The summed E-state index contributed by atoms with van der Waals surface area (Å²) >= 11 is -4.13. The first-order valence-electron chi connectivity index (χ1n) is 18.9. The van der Waals surface area contributed by atoms with Crippen LogP contribution in [0.4, 0.5) is 0 Å². The fraction of sp³-hybridized carbons (Fsp3) is 0.0400. The Morgan fingerprint density at radius 1 is 0.295 bits per heavy atom. The van der Waals surface area contributed by atoms with Gasteiger partial charge in [0.05, 0.1) is 9.79 Å². The number of hydrogen-bond donors (Lipinski definition) is 2. The first kappa shape index (κ1) is 49.0. The van der Waals surface area contributed by atoms with Gasteiger partial charge in [0.1, 0.15) is 0 Å². The molecule has 7 nitrogen and oxygen atoms in total. The van der Waals surface area contributed by atoms with Crippen LogP contribution in [0.1, 0.15) is 11.1 Å². The van der Waals surface area contributed by atoms with Gasteiger partial charge >= 0.3 is 245 Å². The Morgan fingerprint density at radius 3 is 0.607 bits per heavy atom. The Morgan fingerprint density at radius 2 is 0.459 bits per heavy atom. The summed E-state index contributed by atoms with van der Waals surface area (Å²) in [5.74, 6) is 0. The van der Waals surface area contributed by atoms with E-state index in [1.165, 1.54) is 43.9 Å². The predicted molar refractivity (Wildman–Crippen MR) is 254 cm³/mol. The second-order valence-electron chi connectivity index (χ2n) is 13.3. The van der Waals surface area contributed by atoms with Crippen LogP contribution < -0.4 is 19.6 Å². The van der Waals surface area contributed by atoms with Crippen molar-refractivity contribution in [3.05, 3.63) is 242 Å². The average molecular weight is 1240 g/mol. The molecule has 0 aliphatic heterocycles. The van der Waals surface area contributed by atoms with Crippen molar-refractivity contribution in [2.45, 2.75) is 23.6 Å². The van der Waals surface area contributed by atoms with Crippen LogP contribution in [0.2, 0.25) is 0 Å². The third-order valence-corrected chi connectivity index (χ3v) is 29.5. The van der Waals surface area contributed by atoms with Crippen LogP contribution in [0, 0.1) is 13.8 Å². The van der Waals surface area contributed by atoms with Gasteiger partial charge in [-0.15, -0.1) is 0 Å². The van der Waals surface area contributed by atoms with E-state index in [4.69, 9.17) is 9.11 Å². The predicted octanol–water partition coefficient (Wildman–Crippen LogP) is 6.06. The van der Waals surface area contributed by atoms with Gasteiger partial charge in [0.25, 0.3) is 20.2 Å². The standard InChI is InChI=1S/2C7H8O3S.6C6H5.2Bi.H2O/c2*1-6-2-4-7(5-3-6)11(8,9)10;6*1-2-4-6-5-3-1;;;/h2*2-5H,1H3,(H,8,9,10);6*1-5H;;;1H2. The van der Waals surface area contributed by atoms with E-state index in [0.29, 0.717) is 0 Å². The summed E-state index contributed by atoms with van der Waals surface area (Å²) in [6.07, 6.45) is 0. The van der Waals surface area contributed by atoms with Gasteiger partial charge in [-0.05, 0) is 38.1 Å². The van der Waals surface area contributed by atoms with Crippen LogP contribution in [0.15, 0.2) is 240 Å². The zero-order valence-corrected chi connectivity index (χ0v) is 42.3. The zero-order valence-electron chi connectivity index (χ0n) is 33.7. The molecule has 8 rings (SSSR count). The Balaban J connectivity index is 0.000000184. The van der Waals surface area contributed by atoms with Gasteiger partial charge in [0, 0.05) is 0 Å². The first-order valence-corrected chi connectivity index (χ1v) is 32.2. The Labute approximate surface area is 376 Å². The molecule has 8 aromatic carbocycles. The van der Waals surface area contributed by atoms with E-state index in [0.717, 1.165) is 11.1 Å². The van der Waals surface area contributed by atoms with Gasteiger partial charge in [-0.25, -0.2) is 0 Å². The Bertz CT molecular complexity index is 2300. The summed E-state index contributed by atoms with van der Waals surface area (Å²) in [4.78, 5) is -0.133. The zero-order chi connectivity index (χ0) is 42.8. The van der Waals surface area contributed by atoms with Gasteiger partial charge < -0.3 is 5.48 Å². The molecule has 0 unspecified atom stereocenters. The van der Waals surface area contributed by atoms with Crippen molar-refractivity contribution in [3.8, 4) is 0 Å². The topological polar surface area (TPSA) is 140 Å². The Hall–Kier alpha value is -4.69. The fourth-order valence-corrected chi connectivity index (χ4v) is 24.7. The van der Waals surface area contributed by atoms with Crippen LogP contribution in [0.25, 0.3) is 0 Å². The van der Waals surface area contributed by atoms with Crippen molar-refractivity contribution in [2.75, 3.05) is 0 Å². The van der Waals surface area contributed by atoms with E-state index in [-0.39, 0.29) is 15.3 Å². The van der Waals surface area contributed by atoms with Crippen LogP contribution in [0.3, 0.4) is 0 Å². The molecule has 0 spiro atoms. The van der Waals surface area contributed by atoms with Gasteiger partial charge in [-0.3, -0.25) is 9.11 Å². The maximum atomic E-state index is 10.5. The van der Waals surface area contributed by atoms with Gasteiger partial charge in [-0.1, -0.05) is 35.4 Å². The maximum absolute atomic E-state index is 10.5. The summed E-state index contributed by atoms with van der Waals surface area (Å²) in [6.45, 7) is 3.68. The van der Waals surface area contributed by atoms with Crippen molar-refractivity contribution in [1.29, 1.82) is 0 Å². The van der Waals surface area contributed by atoms with Crippen LogP contribution in [-0.2, 0) is 20.2 Å². The summed E-state index contributed by atoms with van der Waals surface area (Å²) in [5.41, 5.74) is 1.91. The van der Waals surface area contributed by atoms with Crippen molar-refractivity contribution in [2.24, 2.45) is 0 Å². The molecular weight excluding hydrogens is 1190 g/mol. The van der Waals surface area contributed by atoms with E-state index in [2.05, 4.69) is 182 Å². The first-order chi connectivity index (χ1) is 28.9. The molecule has 0 aliphatic carbocycles. The number of benzene rings is 8. The molecule has 312 valence electrons. The SMILES string of the molecule is Cc1ccc(S(=O)(=O)O)cc1.Cc1ccc(S(=O)(=O)O)cc1.O.c1cc[c]([Bi]([c]2ccccc2)[c]2ccccc2)cc1.c1cc[c]([Bi]([c]2ccccc2)[c]2ccccc2)cc1. The molecule has 0 amide bonds. The molecule has 0 atom stereocenters. The summed E-state index contributed by atoms with van der Waals surface area (Å²) in [5, 5.41) is 0. The number of hydrogen-bond acceptors (Lipinski definition) is 4. The molecule has 11 heteroatoms. The Kier molecular flexibility index (Phi) is 19.8. The molecule has 0 aliphatic rings. The van der Waals surface area contributed by atoms with Gasteiger partial charge in [-0.2, -0.15) is 16.8 Å². The second kappa shape index (κ2) is 24.7. The van der Waals surface area contributed by atoms with E-state index in [1.54, 1.807) is 24.3 Å². The molecule has 61 heavy (non-hydrogen) atoms. The minimum atomic E-state index is -4.02. The molecule has 0 bridgehead atoms. The molecule has 0 fully saturated rings. The normalized spacial score (nSPS) is 10.7. The quantitative estimate of drug-likeness (QED) is 0.140. The monoisotopic (exact) mass is 1240 g/mol. The third kappa shape index (κ3) is 15.9. The molecule has 0 aromatic heterocycles. The third-order valence-electron chi connectivity index (χ3n) is 8.72. The molecule has 0 heterocycles. The van der Waals surface area contributed by atoms with Crippen molar-refractivity contribution < 1.29 is 31.4 Å². The fourth-order valence-electron chi connectivity index (χ4n) is 5.78. The molecular formula is C50H48Bi2O7S2. The summed E-state index contributed by atoms with van der Waals surface area (Å²) < 4.78 is 68.3. The van der Waals surface area contributed by atoms with Crippen molar-refractivity contribution >= 4 is 83.4 Å². The molecule has 0 radical (unpaired) electrons. The summed E-state index contributed by atoms with van der Waals surface area (Å²) in [7, 11) is -8.04. The molecule has 0 saturated heterocycles. The molecule has 8 aromatic rings. The number of aryl methyl sites for hydroxylation is 2. The average Bonchev–Trinajstić information content (AvgIpc) is 3.27. The van der Waals surface area contributed by atoms with Crippen LogP contribution in [-0.4, -0.2) is 74.9 Å². The number of rotatable bonds is 8. The van der Waals surface area contributed by atoms with Crippen LogP contribution >= 0.6 is 0 Å². The van der Waals surface area contributed by atoms with Crippen LogP contribution in [0.5, 0.6) is 0 Å². The van der Waals surface area contributed by atoms with Gasteiger partial charge in [0.15, 0.2) is 0 Å². The minimum absolute atomic E-state index is 0. The van der Waals surface area contributed by atoms with Gasteiger partial charge in [0.2, 0.25) is 0 Å². The van der Waals surface area contributed by atoms with E-state index < -0.39 is 63.7 Å². The molecule has 0 saturated carbocycles.